The third-order valence-corrected chi connectivity index (χ3v) is 4.84. The molecule has 0 bridgehead atoms. The fourth-order valence-electron chi connectivity index (χ4n) is 2.00. The zero-order chi connectivity index (χ0) is 15.5. The summed E-state index contributed by atoms with van der Waals surface area (Å²) in [4.78, 5) is 16.7. The average molecular weight is 330 g/mol. The van der Waals surface area contributed by atoms with Gasteiger partial charge < -0.3 is 0 Å². The molecule has 3 rings (SSSR count). The number of carbonyl (C=O) groups excluding carboxylic acids is 1. The molecule has 6 heteroatoms. The van der Waals surface area contributed by atoms with Gasteiger partial charge in [0, 0.05) is 28.0 Å². The van der Waals surface area contributed by atoms with Gasteiger partial charge in [0.2, 0.25) is 0 Å². The minimum absolute atomic E-state index is 0.306. The molecule has 4 nitrogen and oxygen atoms in total. The average Bonchev–Trinajstić information content (AvgIpc) is 2.90. The molecule has 1 aromatic carbocycles. The maximum Gasteiger partial charge on any atom is 0.283 e. The van der Waals surface area contributed by atoms with Crippen molar-refractivity contribution in [2.45, 2.75) is 6.92 Å². The van der Waals surface area contributed by atoms with Gasteiger partial charge in [-0.3, -0.25) is 9.78 Å². The van der Waals surface area contributed by atoms with Gasteiger partial charge in [-0.15, -0.1) is 11.3 Å². The normalized spacial score (nSPS) is 11.6. The zero-order valence-electron chi connectivity index (χ0n) is 11.7. The summed E-state index contributed by atoms with van der Waals surface area (Å²) in [6, 6.07) is 11.3. The number of amides is 1. The van der Waals surface area contributed by atoms with Gasteiger partial charge >= 0.3 is 0 Å². The molecule has 0 unspecified atom stereocenters. The molecule has 0 aliphatic rings. The number of hydrogen-bond acceptors (Lipinski definition) is 4. The summed E-state index contributed by atoms with van der Waals surface area (Å²) in [5, 5.41) is 5.47. The lowest BCUT2D eigenvalue weighted by Crippen LogP contribution is -2.18. The highest BCUT2D eigenvalue weighted by atomic mass is 35.5. The van der Waals surface area contributed by atoms with Crippen LogP contribution in [0.15, 0.2) is 53.9 Å². The van der Waals surface area contributed by atoms with E-state index in [1.807, 2.05) is 43.3 Å². The van der Waals surface area contributed by atoms with Crippen molar-refractivity contribution in [2.24, 2.45) is 5.10 Å². The topological polar surface area (TPSA) is 54.4 Å². The number of carbonyl (C=O) groups is 1. The second-order valence-electron chi connectivity index (χ2n) is 4.62. The monoisotopic (exact) mass is 329 g/mol. The molecule has 3 aromatic rings. The number of fused-ring (bicyclic) bond motifs is 1. The van der Waals surface area contributed by atoms with Gasteiger partial charge in [-0.25, -0.2) is 5.43 Å². The summed E-state index contributed by atoms with van der Waals surface area (Å²) in [5.41, 5.74) is 4.16. The van der Waals surface area contributed by atoms with Gasteiger partial charge in [-0.1, -0.05) is 29.8 Å². The molecular weight excluding hydrogens is 318 g/mol. The Hall–Kier alpha value is -2.24. The minimum Gasteiger partial charge on any atom is -0.266 e. The predicted molar refractivity (Wildman–Crippen MR) is 90.7 cm³/mol. The van der Waals surface area contributed by atoms with Gasteiger partial charge in [-0.05, 0) is 25.1 Å². The lowest BCUT2D eigenvalue weighted by atomic mass is 10.2. The van der Waals surface area contributed by atoms with Crippen molar-refractivity contribution in [1.29, 1.82) is 0 Å². The first-order valence-electron chi connectivity index (χ1n) is 6.59. The highest BCUT2D eigenvalue weighted by Crippen LogP contribution is 2.34. The number of nitrogens with zero attached hydrogens (tertiary/aromatic N) is 2. The fraction of sp³-hybridized carbons (Fsp3) is 0.0625. The summed E-state index contributed by atoms with van der Waals surface area (Å²) in [5.74, 6) is -0.306. The summed E-state index contributed by atoms with van der Waals surface area (Å²) >= 11 is 7.63. The number of pyridine rings is 1. The lowest BCUT2D eigenvalue weighted by molar-refractivity contribution is 0.0959. The van der Waals surface area contributed by atoms with E-state index < -0.39 is 0 Å². The first kappa shape index (κ1) is 14.7. The Morgan fingerprint density at radius 3 is 2.68 bits per heavy atom. The number of halogens is 1. The molecule has 0 saturated carbocycles. The molecule has 2 aromatic heterocycles. The summed E-state index contributed by atoms with van der Waals surface area (Å²) < 4.78 is 0.979. The van der Waals surface area contributed by atoms with E-state index in [-0.39, 0.29) is 5.91 Å². The number of nitrogens with one attached hydrogen (secondary N) is 1. The fourth-order valence-corrected chi connectivity index (χ4v) is 3.41. The molecule has 22 heavy (non-hydrogen) atoms. The second-order valence-corrected chi connectivity index (χ2v) is 6.05. The quantitative estimate of drug-likeness (QED) is 0.581. The van der Waals surface area contributed by atoms with Crippen molar-refractivity contribution in [3.05, 3.63) is 64.3 Å². The van der Waals surface area contributed by atoms with E-state index >= 15 is 0 Å². The first-order valence-corrected chi connectivity index (χ1v) is 7.78. The van der Waals surface area contributed by atoms with Crippen LogP contribution >= 0.6 is 22.9 Å². The van der Waals surface area contributed by atoms with Crippen LogP contribution in [0.5, 0.6) is 0 Å². The molecule has 110 valence electrons. The Kier molecular flexibility index (Phi) is 4.18. The molecular formula is C16H12ClN3OS. The molecule has 1 amide bonds. The molecule has 0 saturated heterocycles. The Morgan fingerprint density at radius 2 is 1.95 bits per heavy atom. The van der Waals surface area contributed by atoms with E-state index in [4.69, 9.17) is 11.6 Å². The van der Waals surface area contributed by atoms with E-state index in [0.29, 0.717) is 15.6 Å². The molecule has 0 atom stereocenters. The van der Waals surface area contributed by atoms with E-state index in [1.54, 1.807) is 12.4 Å². The molecule has 2 heterocycles. The molecule has 0 fully saturated rings. The maximum absolute atomic E-state index is 12.3. The standard InChI is InChI=1S/C16H12ClN3OS/c1-10(11-6-8-18-9-7-11)19-20-16(21)15-14(17)12-4-2-3-5-13(12)22-15/h2-9H,1H3,(H,20,21)/b19-10-. The lowest BCUT2D eigenvalue weighted by Gasteiger charge is -2.01. The summed E-state index contributed by atoms with van der Waals surface area (Å²) in [6.45, 7) is 1.82. The number of hydrogen-bond donors (Lipinski definition) is 1. The van der Waals surface area contributed by atoms with Gasteiger partial charge in [0.15, 0.2) is 0 Å². The smallest absolute Gasteiger partial charge is 0.266 e. The predicted octanol–water partition coefficient (Wildman–Crippen LogP) is 4.10. The van der Waals surface area contributed by atoms with Crippen molar-refractivity contribution >= 4 is 44.6 Å². The zero-order valence-corrected chi connectivity index (χ0v) is 13.3. The molecule has 0 spiro atoms. The molecule has 0 aliphatic carbocycles. The molecule has 0 radical (unpaired) electrons. The van der Waals surface area contributed by atoms with Crippen molar-refractivity contribution in [3.8, 4) is 0 Å². The van der Waals surface area contributed by atoms with Gasteiger partial charge in [0.1, 0.15) is 4.88 Å². The van der Waals surface area contributed by atoms with E-state index in [0.717, 1.165) is 15.6 Å². The number of benzene rings is 1. The Labute approximate surface area is 136 Å². The van der Waals surface area contributed by atoms with Crippen molar-refractivity contribution < 1.29 is 4.79 Å². The summed E-state index contributed by atoms with van der Waals surface area (Å²) in [6.07, 6.45) is 3.36. The highest BCUT2D eigenvalue weighted by Gasteiger charge is 2.16. The SMILES string of the molecule is C/C(=N/NC(=O)c1sc2ccccc2c1Cl)c1ccncc1. The van der Waals surface area contributed by atoms with Crippen molar-refractivity contribution in [3.63, 3.8) is 0 Å². The van der Waals surface area contributed by atoms with Crippen LogP contribution in [0.3, 0.4) is 0 Å². The first-order chi connectivity index (χ1) is 10.7. The second kappa shape index (κ2) is 6.25. The highest BCUT2D eigenvalue weighted by molar-refractivity contribution is 7.21. The van der Waals surface area contributed by atoms with Gasteiger partial charge in [0.05, 0.1) is 10.7 Å². The van der Waals surface area contributed by atoms with Crippen LogP contribution in [0.25, 0.3) is 10.1 Å². The van der Waals surface area contributed by atoms with E-state index in [9.17, 15) is 4.79 Å². The number of hydrazone groups is 1. The van der Waals surface area contributed by atoms with Crippen LogP contribution < -0.4 is 5.43 Å². The number of aromatic nitrogens is 1. The largest absolute Gasteiger partial charge is 0.283 e. The summed E-state index contributed by atoms with van der Waals surface area (Å²) in [7, 11) is 0. The number of rotatable bonds is 3. The van der Waals surface area contributed by atoms with Crippen LogP contribution in [-0.2, 0) is 0 Å². The molecule has 1 N–H and O–H groups in total. The third-order valence-electron chi connectivity index (χ3n) is 3.16. The van der Waals surface area contributed by atoms with Crippen LogP contribution in [0.2, 0.25) is 5.02 Å². The van der Waals surface area contributed by atoms with E-state index in [2.05, 4.69) is 15.5 Å². The Bertz CT molecular complexity index is 858. The van der Waals surface area contributed by atoms with Crippen molar-refractivity contribution in [1.82, 2.24) is 10.4 Å². The number of thiophene rings is 1. The van der Waals surface area contributed by atoms with Crippen LogP contribution in [0.4, 0.5) is 0 Å². The minimum atomic E-state index is -0.306. The van der Waals surface area contributed by atoms with Crippen LogP contribution in [0.1, 0.15) is 22.2 Å². The van der Waals surface area contributed by atoms with Crippen LogP contribution in [-0.4, -0.2) is 16.6 Å². The Morgan fingerprint density at radius 1 is 1.23 bits per heavy atom. The Balaban J connectivity index is 1.83. The third kappa shape index (κ3) is 2.86. The molecule has 0 aliphatic heterocycles. The van der Waals surface area contributed by atoms with Crippen LogP contribution in [0, 0.1) is 0 Å². The van der Waals surface area contributed by atoms with Gasteiger partial charge in [0.25, 0.3) is 5.91 Å². The van der Waals surface area contributed by atoms with Crippen molar-refractivity contribution in [2.75, 3.05) is 0 Å². The van der Waals surface area contributed by atoms with E-state index in [1.165, 1.54) is 11.3 Å². The van der Waals surface area contributed by atoms with Gasteiger partial charge in [-0.2, -0.15) is 5.10 Å². The maximum atomic E-state index is 12.3.